The fourth-order valence-electron chi connectivity index (χ4n) is 4.58. The Morgan fingerprint density at radius 3 is 1.43 bits per heavy atom. The maximum Gasteiger partial charge on any atom is 0.153 e. The van der Waals surface area contributed by atoms with E-state index in [-0.39, 0.29) is 0 Å². The molecule has 0 radical (unpaired) electrons. The standard InChI is InChI=1S/C24H32O2S2/c1-25-21-11-7-19(8-12-21)23-5-3-15-27(23)17-18-28-16-4-6-24(28)20-9-13-22(26-2)14-10-20/h7-14,23-24H,3-6,15-18H2,1-2H3/q+2. The summed E-state index contributed by atoms with van der Waals surface area (Å²) in [6.07, 6.45) is 5.53. The minimum atomic E-state index is 0.549. The third-order valence-electron chi connectivity index (χ3n) is 6.13. The third kappa shape index (κ3) is 4.49. The van der Waals surface area contributed by atoms with Crippen LogP contribution in [0.25, 0.3) is 0 Å². The molecule has 28 heavy (non-hydrogen) atoms. The van der Waals surface area contributed by atoms with Crippen LogP contribution in [0.1, 0.15) is 47.3 Å². The molecule has 0 saturated carbocycles. The van der Waals surface area contributed by atoms with E-state index < -0.39 is 0 Å². The molecule has 2 nitrogen and oxygen atoms in total. The summed E-state index contributed by atoms with van der Waals surface area (Å²) in [5.41, 5.74) is 3.06. The lowest BCUT2D eigenvalue weighted by molar-refractivity contribution is 0.414. The van der Waals surface area contributed by atoms with Crippen LogP contribution in [-0.4, -0.2) is 37.2 Å². The van der Waals surface area contributed by atoms with E-state index in [0.717, 1.165) is 22.0 Å². The molecule has 0 aliphatic carbocycles. The molecule has 4 heteroatoms. The van der Waals surface area contributed by atoms with Gasteiger partial charge in [-0.15, -0.1) is 0 Å². The van der Waals surface area contributed by atoms with Gasteiger partial charge in [0.05, 0.1) is 14.2 Å². The van der Waals surface area contributed by atoms with E-state index in [2.05, 4.69) is 48.5 Å². The van der Waals surface area contributed by atoms with Gasteiger partial charge >= 0.3 is 0 Å². The first-order valence-corrected chi connectivity index (χ1v) is 13.6. The molecule has 2 aromatic carbocycles. The van der Waals surface area contributed by atoms with Crippen molar-refractivity contribution in [1.29, 1.82) is 0 Å². The quantitative estimate of drug-likeness (QED) is 0.570. The monoisotopic (exact) mass is 416 g/mol. The molecule has 2 aromatic rings. The molecular weight excluding hydrogens is 384 g/mol. The summed E-state index contributed by atoms with van der Waals surface area (Å²) in [7, 11) is 4.59. The summed E-state index contributed by atoms with van der Waals surface area (Å²) in [5, 5.41) is 1.55. The van der Waals surface area contributed by atoms with Gasteiger partial charge in [0.1, 0.15) is 33.5 Å². The molecule has 0 spiro atoms. The first kappa shape index (κ1) is 20.0. The van der Waals surface area contributed by atoms with E-state index >= 15 is 0 Å². The second-order valence-corrected chi connectivity index (χ2v) is 12.6. The number of benzene rings is 2. The molecule has 150 valence electrons. The van der Waals surface area contributed by atoms with Crippen LogP contribution in [0.15, 0.2) is 48.5 Å². The Labute approximate surface area is 175 Å². The van der Waals surface area contributed by atoms with Gasteiger partial charge in [0.2, 0.25) is 0 Å². The molecule has 2 saturated heterocycles. The van der Waals surface area contributed by atoms with Gasteiger partial charge in [-0.3, -0.25) is 0 Å². The molecule has 4 atom stereocenters. The Morgan fingerprint density at radius 1 is 0.679 bits per heavy atom. The van der Waals surface area contributed by atoms with Gasteiger partial charge in [-0.2, -0.15) is 0 Å². The van der Waals surface area contributed by atoms with E-state index in [0.29, 0.717) is 21.8 Å². The van der Waals surface area contributed by atoms with Gasteiger partial charge in [-0.05, 0) is 58.9 Å². The molecule has 0 aromatic heterocycles. The number of hydrogen-bond acceptors (Lipinski definition) is 2. The molecule has 2 aliphatic rings. The van der Waals surface area contributed by atoms with Gasteiger partial charge in [-0.1, -0.05) is 24.3 Å². The minimum absolute atomic E-state index is 0.549. The highest BCUT2D eigenvalue weighted by molar-refractivity contribution is 8.00. The predicted octanol–water partition coefficient (Wildman–Crippen LogP) is 5.31. The average Bonchev–Trinajstić information content (AvgIpc) is 3.41. The van der Waals surface area contributed by atoms with Crippen molar-refractivity contribution in [2.75, 3.05) is 37.2 Å². The lowest BCUT2D eigenvalue weighted by atomic mass is 10.1. The number of rotatable bonds is 7. The molecule has 4 rings (SSSR count). The van der Waals surface area contributed by atoms with Gasteiger partial charge in [0.25, 0.3) is 0 Å². The van der Waals surface area contributed by atoms with E-state index in [4.69, 9.17) is 9.47 Å². The summed E-state index contributed by atoms with van der Waals surface area (Å²) in [6.45, 7) is 0. The summed E-state index contributed by atoms with van der Waals surface area (Å²) in [4.78, 5) is 0. The van der Waals surface area contributed by atoms with Crippen molar-refractivity contribution in [2.45, 2.75) is 36.2 Å². The molecule has 0 bridgehead atoms. The zero-order chi connectivity index (χ0) is 19.3. The minimum Gasteiger partial charge on any atom is -0.497 e. The zero-order valence-corrected chi connectivity index (χ0v) is 18.7. The smallest absolute Gasteiger partial charge is 0.153 e. The van der Waals surface area contributed by atoms with E-state index in [1.807, 2.05) is 0 Å². The van der Waals surface area contributed by atoms with E-state index in [1.165, 1.54) is 59.8 Å². The van der Waals surface area contributed by atoms with E-state index in [9.17, 15) is 0 Å². The fourth-order valence-corrected chi connectivity index (χ4v) is 11.0. The maximum atomic E-state index is 5.34. The zero-order valence-electron chi connectivity index (χ0n) is 17.1. The highest BCUT2D eigenvalue weighted by atomic mass is 32.2. The van der Waals surface area contributed by atoms with Gasteiger partial charge < -0.3 is 9.47 Å². The molecule has 0 N–H and O–H groups in total. The number of ether oxygens (including phenoxy) is 2. The van der Waals surface area contributed by atoms with Crippen molar-refractivity contribution >= 4 is 21.8 Å². The predicted molar refractivity (Wildman–Crippen MR) is 124 cm³/mol. The van der Waals surface area contributed by atoms with Crippen LogP contribution in [0.2, 0.25) is 0 Å². The van der Waals surface area contributed by atoms with Crippen molar-refractivity contribution in [3.05, 3.63) is 59.7 Å². The Morgan fingerprint density at radius 2 is 1.07 bits per heavy atom. The van der Waals surface area contributed by atoms with Crippen molar-refractivity contribution in [2.24, 2.45) is 0 Å². The summed E-state index contributed by atoms with van der Waals surface area (Å²) < 4.78 is 10.7. The van der Waals surface area contributed by atoms with Crippen molar-refractivity contribution in [3.8, 4) is 11.5 Å². The molecule has 4 unspecified atom stereocenters. The van der Waals surface area contributed by atoms with Crippen LogP contribution in [0.4, 0.5) is 0 Å². The Hall–Kier alpha value is -1.26. The van der Waals surface area contributed by atoms with E-state index in [1.54, 1.807) is 14.2 Å². The second-order valence-electron chi connectivity index (χ2n) is 7.70. The van der Waals surface area contributed by atoms with Crippen LogP contribution in [0.5, 0.6) is 11.5 Å². The molecule has 2 heterocycles. The van der Waals surface area contributed by atoms with Crippen LogP contribution in [0.3, 0.4) is 0 Å². The van der Waals surface area contributed by atoms with Gasteiger partial charge in [-0.25, -0.2) is 0 Å². The molecule has 0 amide bonds. The number of hydrogen-bond donors (Lipinski definition) is 0. The van der Waals surface area contributed by atoms with Crippen LogP contribution in [0, 0.1) is 0 Å². The summed E-state index contributed by atoms with van der Waals surface area (Å²) >= 11 is 0. The normalized spacial score (nSPS) is 27.1. The summed E-state index contributed by atoms with van der Waals surface area (Å²) in [5.74, 6) is 7.65. The first-order valence-electron chi connectivity index (χ1n) is 10.4. The van der Waals surface area contributed by atoms with Crippen molar-refractivity contribution in [1.82, 2.24) is 0 Å². The fraction of sp³-hybridized carbons (Fsp3) is 0.500. The highest BCUT2D eigenvalue weighted by Gasteiger charge is 2.42. The second kappa shape index (κ2) is 9.49. The first-order chi connectivity index (χ1) is 13.8. The number of methoxy groups -OCH3 is 2. The van der Waals surface area contributed by atoms with Gasteiger partial charge in [0, 0.05) is 24.0 Å². The lowest BCUT2D eigenvalue weighted by Crippen LogP contribution is -2.23. The van der Waals surface area contributed by atoms with Gasteiger partial charge in [0.15, 0.2) is 11.5 Å². The third-order valence-corrected chi connectivity index (χ3v) is 12.1. The van der Waals surface area contributed by atoms with Crippen LogP contribution < -0.4 is 9.47 Å². The largest absolute Gasteiger partial charge is 0.497 e. The Kier molecular flexibility index (Phi) is 6.79. The topological polar surface area (TPSA) is 18.5 Å². The highest BCUT2D eigenvalue weighted by Crippen LogP contribution is 2.40. The Balaban J connectivity index is 1.38. The maximum absolute atomic E-state index is 5.34. The summed E-state index contributed by atoms with van der Waals surface area (Å²) in [6, 6.07) is 17.7. The van der Waals surface area contributed by atoms with Crippen LogP contribution >= 0.6 is 0 Å². The molecule has 2 aliphatic heterocycles. The average molecular weight is 417 g/mol. The SMILES string of the molecule is COc1ccc(C2CCC[S+]2CC[S+]2CCCC2c2ccc(OC)cc2)cc1. The van der Waals surface area contributed by atoms with Crippen molar-refractivity contribution < 1.29 is 9.47 Å². The van der Waals surface area contributed by atoms with Crippen LogP contribution in [-0.2, 0) is 21.8 Å². The molecule has 2 fully saturated rings. The molecular formula is C24H32O2S2+2. The van der Waals surface area contributed by atoms with Crippen molar-refractivity contribution in [3.63, 3.8) is 0 Å². The lowest BCUT2D eigenvalue weighted by Gasteiger charge is -2.15. The Bertz CT molecular complexity index is 679.